The Kier molecular flexibility index (Phi) is 5.30. The normalized spacial score (nSPS) is 10.5. The van der Waals surface area contributed by atoms with Crippen molar-refractivity contribution in [3.05, 3.63) is 24.0 Å². The topological polar surface area (TPSA) is 100 Å². The first-order valence-electron chi connectivity index (χ1n) is 7.70. The summed E-state index contributed by atoms with van der Waals surface area (Å²) in [7, 11) is 10.3. The van der Waals surface area contributed by atoms with Crippen LogP contribution >= 0.6 is 0 Å². The minimum atomic E-state index is -0.214. The summed E-state index contributed by atoms with van der Waals surface area (Å²) in [5, 5.41) is 5.23. The maximum Gasteiger partial charge on any atom is 0.271 e. The van der Waals surface area contributed by atoms with Crippen LogP contribution in [0, 0.1) is 0 Å². The Morgan fingerprint density at radius 3 is 1.60 bits per heavy atom. The first kappa shape index (κ1) is 18.3. The zero-order valence-corrected chi connectivity index (χ0v) is 15.4. The zero-order chi connectivity index (χ0) is 18.7. The highest BCUT2D eigenvalue weighted by Gasteiger charge is 2.23. The van der Waals surface area contributed by atoms with Crippen molar-refractivity contribution in [2.45, 2.75) is 0 Å². The number of rotatable bonds is 6. The molecule has 2 amide bonds. The van der Waals surface area contributed by atoms with Gasteiger partial charge in [0.15, 0.2) is 23.0 Å². The fourth-order valence-electron chi connectivity index (χ4n) is 2.61. The molecule has 10 heteroatoms. The Bertz CT molecular complexity index is 714. The van der Waals surface area contributed by atoms with Gasteiger partial charge in [0, 0.05) is 42.3 Å². The molecule has 2 N–H and O–H groups in total. The van der Waals surface area contributed by atoms with E-state index in [9.17, 15) is 9.59 Å². The molecule has 10 nitrogen and oxygen atoms in total. The van der Waals surface area contributed by atoms with Crippen molar-refractivity contribution < 1.29 is 9.59 Å². The van der Waals surface area contributed by atoms with E-state index >= 15 is 0 Å². The van der Waals surface area contributed by atoms with Crippen LogP contribution < -0.4 is 20.4 Å². The number of amides is 2. The van der Waals surface area contributed by atoms with Gasteiger partial charge in [-0.1, -0.05) is 0 Å². The molecule has 0 aliphatic rings. The van der Waals surface area contributed by atoms with Gasteiger partial charge in [-0.25, -0.2) is 9.97 Å². The predicted octanol–water partition coefficient (Wildman–Crippen LogP) is -0.597. The van der Waals surface area contributed by atoms with Crippen LogP contribution in [0.25, 0.3) is 0 Å². The van der Waals surface area contributed by atoms with Crippen LogP contribution in [0.2, 0.25) is 0 Å². The third kappa shape index (κ3) is 3.42. The van der Waals surface area contributed by atoms with E-state index < -0.39 is 0 Å². The number of nitrogens with one attached hydrogen (secondary N) is 2. The van der Waals surface area contributed by atoms with Gasteiger partial charge in [-0.05, 0) is 0 Å². The Labute approximate surface area is 146 Å². The Hall–Kier alpha value is -3.04. The number of nitrogens with zero attached hydrogens (tertiary/aromatic N) is 6. The smallest absolute Gasteiger partial charge is 0.271 e. The first-order valence-corrected chi connectivity index (χ1v) is 7.70. The van der Waals surface area contributed by atoms with Crippen molar-refractivity contribution in [2.75, 3.05) is 44.7 Å². The van der Waals surface area contributed by atoms with Gasteiger partial charge in [-0.3, -0.25) is 9.59 Å². The lowest BCUT2D eigenvalue weighted by molar-refractivity contribution is 0.0947. The third-order valence-corrected chi connectivity index (χ3v) is 3.87. The predicted molar refractivity (Wildman–Crippen MR) is 94.9 cm³/mol. The van der Waals surface area contributed by atoms with Crippen LogP contribution in [0.3, 0.4) is 0 Å². The van der Waals surface area contributed by atoms with Crippen LogP contribution in [0.4, 0.5) is 11.6 Å². The van der Waals surface area contributed by atoms with E-state index in [1.807, 2.05) is 23.9 Å². The molecule has 0 radical (unpaired) electrons. The number of carbonyl (C=O) groups excluding carboxylic acids is 2. The lowest BCUT2D eigenvalue weighted by Gasteiger charge is -2.26. The van der Waals surface area contributed by atoms with Crippen LogP contribution in [0.15, 0.2) is 12.7 Å². The minimum Gasteiger partial charge on any atom is -0.354 e. The van der Waals surface area contributed by atoms with Crippen molar-refractivity contribution in [3.63, 3.8) is 0 Å². The first-order chi connectivity index (χ1) is 11.8. The molecule has 0 unspecified atom stereocenters. The summed E-state index contributed by atoms with van der Waals surface area (Å²) >= 11 is 0. The fraction of sp³-hybridized carbons (Fsp3) is 0.467. The molecule has 0 bridgehead atoms. The summed E-state index contributed by atoms with van der Waals surface area (Å²) in [4.78, 5) is 36.4. The number of carbonyl (C=O) groups is 2. The van der Waals surface area contributed by atoms with Crippen LogP contribution in [-0.2, 0) is 14.1 Å². The van der Waals surface area contributed by atoms with E-state index in [2.05, 4.69) is 20.6 Å². The van der Waals surface area contributed by atoms with Crippen LogP contribution in [-0.4, -0.2) is 65.8 Å². The molecule has 0 aliphatic heterocycles. The van der Waals surface area contributed by atoms with Crippen molar-refractivity contribution in [3.8, 4) is 0 Å². The Morgan fingerprint density at radius 2 is 1.28 bits per heavy atom. The molecule has 0 fully saturated rings. The SMILES string of the molecule is CNC(=O)c1c(N(C)CN(C)c2ncn(C)c2C(=O)NC)ncn1C. The lowest BCUT2D eigenvalue weighted by atomic mass is 10.3. The Balaban J connectivity index is 2.26. The quantitative estimate of drug-likeness (QED) is 0.677. The molecule has 0 atom stereocenters. The van der Waals surface area contributed by atoms with Gasteiger partial charge in [0.05, 0.1) is 19.3 Å². The number of hydrogen-bond acceptors (Lipinski definition) is 6. The van der Waals surface area contributed by atoms with E-state index in [1.165, 1.54) is 0 Å². The summed E-state index contributed by atoms with van der Waals surface area (Å²) in [5.74, 6) is 0.666. The third-order valence-electron chi connectivity index (χ3n) is 3.87. The zero-order valence-electron chi connectivity index (χ0n) is 15.4. The highest BCUT2D eigenvalue weighted by atomic mass is 16.2. The molecule has 0 aromatic carbocycles. The Morgan fingerprint density at radius 1 is 0.920 bits per heavy atom. The highest BCUT2D eigenvalue weighted by molar-refractivity contribution is 5.98. The van der Waals surface area contributed by atoms with E-state index in [4.69, 9.17) is 0 Å². The van der Waals surface area contributed by atoms with Gasteiger partial charge in [0.25, 0.3) is 11.8 Å². The van der Waals surface area contributed by atoms with E-state index in [1.54, 1.807) is 50.0 Å². The number of hydrogen-bond donors (Lipinski definition) is 2. The second kappa shape index (κ2) is 7.24. The minimum absolute atomic E-state index is 0.214. The van der Waals surface area contributed by atoms with Crippen molar-refractivity contribution in [1.29, 1.82) is 0 Å². The largest absolute Gasteiger partial charge is 0.354 e. The fourth-order valence-corrected chi connectivity index (χ4v) is 2.61. The average molecular weight is 348 g/mol. The molecular formula is C15H24N8O2. The molecule has 2 aromatic rings. The van der Waals surface area contributed by atoms with E-state index in [0.717, 1.165) is 0 Å². The van der Waals surface area contributed by atoms with E-state index in [0.29, 0.717) is 29.7 Å². The van der Waals surface area contributed by atoms with Gasteiger partial charge in [0.1, 0.15) is 0 Å². The lowest BCUT2D eigenvalue weighted by Crippen LogP contribution is -2.36. The van der Waals surface area contributed by atoms with E-state index in [-0.39, 0.29) is 11.8 Å². The summed E-state index contributed by atoms with van der Waals surface area (Å²) in [5.41, 5.74) is 0.928. The summed E-state index contributed by atoms with van der Waals surface area (Å²) in [6.07, 6.45) is 3.18. The van der Waals surface area contributed by atoms with Crippen LogP contribution in [0.1, 0.15) is 21.0 Å². The average Bonchev–Trinajstić information content (AvgIpc) is 3.16. The van der Waals surface area contributed by atoms with Crippen molar-refractivity contribution in [1.82, 2.24) is 29.7 Å². The molecule has 25 heavy (non-hydrogen) atoms. The molecule has 2 rings (SSSR count). The maximum atomic E-state index is 12.1. The standard InChI is InChI=1S/C15H24N8O2/c1-16-14(24)10-12(18-7-20(10)3)22(5)9-23(6)13-11(15(25)17-2)21(4)8-19-13/h7-8H,9H2,1-6H3,(H,16,24)(H,17,25). The molecule has 0 spiro atoms. The number of imidazole rings is 2. The molecular weight excluding hydrogens is 324 g/mol. The van der Waals surface area contributed by atoms with Gasteiger partial charge in [-0.2, -0.15) is 0 Å². The molecule has 0 saturated heterocycles. The van der Waals surface area contributed by atoms with Gasteiger partial charge in [-0.15, -0.1) is 0 Å². The second-order valence-electron chi connectivity index (χ2n) is 5.75. The van der Waals surface area contributed by atoms with Gasteiger partial charge >= 0.3 is 0 Å². The second-order valence-corrected chi connectivity index (χ2v) is 5.75. The summed E-state index contributed by atoms with van der Waals surface area (Å²) < 4.78 is 3.34. The molecule has 136 valence electrons. The number of anilines is 2. The molecule has 2 aromatic heterocycles. The van der Waals surface area contributed by atoms with Crippen LogP contribution in [0.5, 0.6) is 0 Å². The monoisotopic (exact) mass is 348 g/mol. The molecule has 2 heterocycles. The van der Waals surface area contributed by atoms with Gasteiger partial charge in [0.2, 0.25) is 0 Å². The number of aryl methyl sites for hydroxylation is 2. The van der Waals surface area contributed by atoms with Crippen molar-refractivity contribution >= 4 is 23.5 Å². The number of aromatic nitrogens is 4. The van der Waals surface area contributed by atoms with Gasteiger partial charge < -0.3 is 29.6 Å². The maximum absolute atomic E-state index is 12.1. The molecule has 0 aliphatic carbocycles. The molecule has 0 saturated carbocycles. The summed E-state index contributed by atoms with van der Waals surface area (Å²) in [6.45, 7) is 0.391. The summed E-state index contributed by atoms with van der Waals surface area (Å²) in [6, 6.07) is 0. The highest BCUT2D eigenvalue weighted by Crippen LogP contribution is 2.20. The van der Waals surface area contributed by atoms with Crippen molar-refractivity contribution in [2.24, 2.45) is 14.1 Å².